The average Bonchev–Trinajstić information content (AvgIpc) is 2.66. The van der Waals surface area contributed by atoms with E-state index in [2.05, 4.69) is 36.5 Å². The summed E-state index contributed by atoms with van der Waals surface area (Å²) in [5, 5.41) is 2.93. The van der Waals surface area contributed by atoms with Gasteiger partial charge in [-0.15, -0.1) is 0 Å². The predicted molar refractivity (Wildman–Crippen MR) is 107 cm³/mol. The number of nitrogens with zero attached hydrogens (tertiary/aromatic N) is 1. The molecule has 5 heteroatoms. The second-order valence-electron chi connectivity index (χ2n) is 6.90. The van der Waals surface area contributed by atoms with Crippen molar-refractivity contribution in [3.63, 3.8) is 0 Å². The van der Waals surface area contributed by atoms with E-state index in [0.29, 0.717) is 24.4 Å². The number of ether oxygens (including phenoxy) is 1. The molecule has 142 valence electrons. The fourth-order valence-electron chi connectivity index (χ4n) is 3.18. The Morgan fingerprint density at radius 2 is 1.96 bits per heavy atom. The number of hydrogen-bond donors (Lipinski definition) is 1. The summed E-state index contributed by atoms with van der Waals surface area (Å²) in [4.78, 5) is 26.1. The van der Waals surface area contributed by atoms with E-state index in [1.165, 1.54) is 11.1 Å². The number of fused-ring (bicyclic) bond motifs is 1. The Balaban J connectivity index is 1.58. The second-order valence-corrected chi connectivity index (χ2v) is 6.90. The van der Waals surface area contributed by atoms with Gasteiger partial charge in [0.1, 0.15) is 5.75 Å². The summed E-state index contributed by atoms with van der Waals surface area (Å²) in [5.74, 6) is 0.610. The summed E-state index contributed by atoms with van der Waals surface area (Å²) in [6.07, 6.45) is 2.99. The van der Waals surface area contributed by atoms with Crippen LogP contribution >= 0.6 is 0 Å². The van der Waals surface area contributed by atoms with E-state index in [4.69, 9.17) is 4.74 Å². The van der Waals surface area contributed by atoms with Gasteiger partial charge in [0.2, 0.25) is 5.91 Å². The maximum atomic E-state index is 12.3. The molecule has 1 N–H and O–H groups in total. The first-order chi connectivity index (χ1) is 13.1. The van der Waals surface area contributed by atoms with E-state index in [9.17, 15) is 9.59 Å². The number of amides is 2. The van der Waals surface area contributed by atoms with Gasteiger partial charge in [0, 0.05) is 18.7 Å². The zero-order valence-corrected chi connectivity index (χ0v) is 16.0. The molecular weight excluding hydrogens is 340 g/mol. The van der Waals surface area contributed by atoms with Crippen LogP contribution in [0.15, 0.2) is 42.5 Å². The molecule has 0 atom stereocenters. The number of aryl methyl sites for hydroxylation is 2. The van der Waals surface area contributed by atoms with Crippen molar-refractivity contribution in [1.82, 2.24) is 0 Å². The van der Waals surface area contributed by atoms with Gasteiger partial charge in [-0.2, -0.15) is 0 Å². The molecule has 1 aliphatic heterocycles. The van der Waals surface area contributed by atoms with Gasteiger partial charge in [-0.3, -0.25) is 9.59 Å². The normalized spacial score (nSPS) is 13.1. The lowest BCUT2D eigenvalue weighted by Gasteiger charge is -2.29. The van der Waals surface area contributed by atoms with Gasteiger partial charge < -0.3 is 15.0 Å². The molecule has 0 bridgehead atoms. The molecule has 3 rings (SSSR count). The van der Waals surface area contributed by atoms with E-state index in [0.717, 1.165) is 24.9 Å². The highest BCUT2D eigenvalue weighted by molar-refractivity contribution is 5.99. The van der Waals surface area contributed by atoms with Crippen LogP contribution in [0.25, 0.3) is 0 Å². The number of hydrogen-bond acceptors (Lipinski definition) is 3. The van der Waals surface area contributed by atoms with Crippen molar-refractivity contribution in [1.29, 1.82) is 0 Å². The quantitative estimate of drug-likeness (QED) is 0.803. The summed E-state index contributed by atoms with van der Waals surface area (Å²) in [6, 6.07) is 13.8. The smallest absolute Gasteiger partial charge is 0.265 e. The molecule has 1 aliphatic rings. The molecule has 0 aliphatic carbocycles. The van der Waals surface area contributed by atoms with Gasteiger partial charge in [-0.25, -0.2) is 0 Å². The third-order valence-corrected chi connectivity index (χ3v) is 4.62. The van der Waals surface area contributed by atoms with Gasteiger partial charge in [0.05, 0.1) is 5.69 Å². The Morgan fingerprint density at radius 1 is 1.19 bits per heavy atom. The van der Waals surface area contributed by atoms with Crippen molar-refractivity contribution < 1.29 is 14.3 Å². The Labute approximate surface area is 160 Å². The average molecular weight is 366 g/mol. The molecule has 0 radical (unpaired) electrons. The summed E-state index contributed by atoms with van der Waals surface area (Å²) in [5.41, 5.74) is 3.90. The minimum Gasteiger partial charge on any atom is -0.482 e. The summed E-state index contributed by atoms with van der Waals surface area (Å²) >= 11 is 0. The van der Waals surface area contributed by atoms with Crippen LogP contribution in [0.4, 0.5) is 11.4 Å². The lowest BCUT2D eigenvalue weighted by atomic mass is 10.1. The van der Waals surface area contributed by atoms with Crippen LogP contribution < -0.4 is 15.0 Å². The fourth-order valence-corrected chi connectivity index (χ4v) is 3.18. The van der Waals surface area contributed by atoms with Crippen molar-refractivity contribution in [3.05, 3.63) is 53.6 Å². The van der Waals surface area contributed by atoms with E-state index in [1.54, 1.807) is 4.90 Å². The molecule has 0 saturated carbocycles. The van der Waals surface area contributed by atoms with Crippen LogP contribution in [0.3, 0.4) is 0 Å². The number of carbonyl (C=O) groups excluding carboxylic acids is 2. The number of benzene rings is 2. The summed E-state index contributed by atoms with van der Waals surface area (Å²) in [7, 11) is 0. The minimum atomic E-state index is -0.0501. The van der Waals surface area contributed by atoms with Gasteiger partial charge >= 0.3 is 0 Å². The van der Waals surface area contributed by atoms with E-state index in [1.807, 2.05) is 25.1 Å². The monoisotopic (exact) mass is 366 g/mol. The highest BCUT2D eigenvalue weighted by atomic mass is 16.5. The third-order valence-electron chi connectivity index (χ3n) is 4.62. The molecule has 2 amide bonds. The first kappa shape index (κ1) is 19.0. The van der Waals surface area contributed by atoms with Crippen LogP contribution in [-0.2, 0) is 16.0 Å². The van der Waals surface area contributed by atoms with Gasteiger partial charge in [-0.1, -0.05) is 36.8 Å². The van der Waals surface area contributed by atoms with Crippen molar-refractivity contribution in [2.45, 2.75) is 39.5 Å². The Morgan fingerprint density at radius 3 is 2.70 bits per heavy atom. The topological polar surface area (TPSA) is 58.6 Å². The van der Waals surface area contributed by atoms with E-state index >= 15 is 0 Å². The molecular formula is C22H26N2O3. The molecule has 0 fully saturated rings. The highest BCUT2D eigenvalue weighted by Gasteiger charge is 2.25. The number of carbonyl (C=O) groups is 2. The zero-order valence-electron chi connectivity index (χ0n) is 16.0. The molecule has 2 aromatic rings. The van der Waals surface area contributed by atoms with Gasteiger partial charge in [0.15, 0.2) is 6.61 Å². The number of rotatable bonds is 7. The zero-order chi connectivity index (χ0) is 19.2. The van der Waals surface area contributed by atoms with Crippen molar-refractivity contribution in [2.75, 3.05) is 23.4 Å². The Hall–Kier alpha value is -2.82. The van der Waals surface area contributed by atoms with Crippen molar-refractivity contribution in [3.8, 4) is 5.75 Å². The molecule has 0 aromatic heterocycles. The second kappa shape index (κ2) is 8.71. The summed E-state index contributed by atoms with van der Waals surface area (Å²) in [6.45, 7) is 4.80. The molecule has 5 nitrogen and oxygen atoms in total. The first-order valence-corrected chi connectivity index (χ1v) is 9.49. The fraction of sp³-hybridized carbons (Fsp3) is 0.364. The molecule has 27 heavy (non-hydrogen) atoms. The van der Waals surface area contributed by atoms with Crippen LogP contribution in [-0.4, -0.2) is 25.0 Å². The lowest BCUT2D eigenvalue weighted by molar-refractivity contribution is -0.121. The predicted octanol–water partition coefficient (Wildman–Crippen LogP) is 4.09. The number of anilines is 2. The van der Waals surface area contributed by atoms with Crippen LogP contribution in [0, 0.1) is 6.92 Å². The Kier molecular flexibility index (Phi) is 6.12. The molecule has 0 spiro atoms. The molecule has 0 saturated heterocycles. The van der Waals surface area contributed by atoms with Crippen molar-refractivity contribution in [2.24, 2.45) is 0 Å². The number of nitrogens with one attached hydrogen (secondary N) is 1. The molecule has 1 heterocycles. The van der Waals surface area contributed by atoms with Crippen molar-refractivity contribution >= 4 is 23.2 Å². The van der Waals surface area contributed by atoms with Crippen LogP contribution in [0.2, 0.25) is 0 Å². The van der Waals surface area contributed by atoms with Crippen LogP contribution in [0.1, 0.15) is 37.3 Å². The third kappa shape index (κ3) is 4.88. The lowest BCUT2D eigenvalue weighted by Crippen LogP contribution is -2.39. The Bertz CT molecular complexity index is 815. The first-order valence-electron chi connectivity index (χ1n) is 9.49. The maximum Gasteiger partial charge on any atom is 0.265 e. The van der Waals surface area contributed by atoms with Crippen LogP contribution in [0.5, 0.6) is 5.75 Å². The van der Waals surface area contributed by atoms with Gasteiger partial charge in [0.25, 0.3) is 5.91 Å². The standard InChI is InChI=1S/C22H26N2O3/c1-3-13-24-19-14-18(11-12-20(19)27-15-22(24)26)23-21(25)6-4-5-17-9-7-16(2)8-10-17/h7-12,14H,3-6,13,15H2,1-2H3,(H,23,25). The van der Waals surface area contributed by atoms with E-state index < -0.39 is 0 Å². The van der Waals surface area contributed by atoms with E-state index in [-0.39, 0.29) is 18.4 Å². The SMILES string of the molecule is CCCN1C(=O)COc2ccc(NC(=O)CCCc3ccc(C)cc3)cc21. The molecule has 0 unspecified atom stereocenters. The highest BCUT2D eigenvalue weighted by Crippen LogP contribution is 2.34. The largest absolute Gasteiger partial charge is 0.482 e. The maximum absolute atomic E-state index is 12.3. The molecule has 2 aromatic carbocycles. The summed E-state index contributed by atoms with van der Waals surface area (Å²) < 4.78 is 5.49. The van der Waals surface area contributed by atoms with Gasteiger partial charge in [-0.05, 0) is 49.9 Å². The minimum absolute atomic E-state index is 0.0212.